The van der Waals surface area contributed by atoms with Crippen LogP contribution < -0.4 is 10.6 Å². The molecule has 148 valence electrons. The molecule has 0 atom stereocenters. The highest BCUT2D eigenvalue weighted by molar-refractivity contribution is 5.98. The van der Waals surface area contributed by atoms with Gasteiger partial charge in [-0.2, -0.15) is 0 Å². The Morgan fingerprint density at radius 3 is 2.00 bits per heavy atom. The number of carbonyl (C=O) groups excluding carboxylic acids is 1. The number of hydrogen-bond acceptors (Lipinski definition) is 3. The number of rotatable bonds is 6. The maximum atomic E-state index is 13.2. The normalized spacial score (nSPS) is 10.6. The Bertz CT molecular complexity index is 1070. The van der Waals surface area contributed by atoms with Crippen molar-refractivity contribution in [2.24, 2.45) is 0 Å². The molecule has 2 N–H and O–H groups in total. The smallest absolute Gasteiger partial charge is 0.236 e. The molecule has 0 aliphatic carbocycles. The van der Waals surface area contributed by atoms with E-state index in [1.165, 1.54) is 5.56 Å². The predicted molar refractivity (Wildman–Crippen MR) is 122 cm³/mol. The lowest BCUT2D eigenvalue weighted by Gasteiger charge is -2.18. The van der Waals surface area contributed by atoms with Crippen molar-refractivity contribution in [2.45, 2.75) is 12.8 Å². The summed E-state index contributed by atoms with van der Waals surface area (Å²) in [6.07, 6.45) is 1.67. The molecule has 0 saturated heterocycles. The monoisotopic (exact) mass is 393 g/mol. The highest BCUT2D eigenvalue weighted by Gasteiger charge is 2.22. The summed E-state index contributed by atoms with van der Waals surface area (Å²) >= 11 is 0. The third-order valence-corrected chi connectivity index (χ3v) is 4.85. The van der Waals surface area contributed by atoms with Gasteiger partial charge in [0.1, 0.15) is 5.82 Å². The minimum absolute atomic E-state index is 0.0893. The topological polar surface area (TPSA) is 54.0 Å². The molecule has 1 heterocycles. The van der Waals surface area contributed by atoms with E-state index in [0.29, 0.717) is 5.69 Å². The van der Waals surface area contributed by atoms with Crippen LogP contribution in [-0.4, -0.2) is 10.9 Å². The fourth-order valence-corrected chi connectivity index (χ4v) is 3.41. The van der Waals surface area contributed by atoms with E-state index in [1.807, 2.05) is 97.9 Å². The van der Waals surface area contributed by atoms with E-state index in [1.54, 1.807) is 6.20 Å². The highest BCUT2D eigenvalue weighted by atomic mass is 16.1. The van der Waals surface area contributed by atoms with Crippen molar-refractivity contribution in [3.05, 3.63) is 120 Å². The minimum Gasteiger partial charge on any atom is -0.340 e. The maximum Gasteiger partial charge on any atom is 0.236 e. The Labute approximate surface area is 176 Å². The van der Waals surface area contributed by atoms with Crippen molar-refractivity contribution in [3.8, 4) is 0 Å². The van der Waals surface area contributed by atoms with Crippen LogP contribution in [0.2, 0.25) is 0 Å². The van der Waals surface area contributed by atoms with Crippen molar-refractivity contribution in [2.75, 3.05) is 10.6 Å². The maximum absolute atomic E-state index is 13.2. The molecule has 0 fully saturated rings. The molecule has 0 unspecified atom stereocenters. The zero-order chi connectivity index (χ0) is 20.8. The Balaban J connectivity index is 1.51. The van der Waals surface area contributed by atoms with Gasteiger partial charge in [0.05, 0.1) is 17.8 Å². The van der Waals surface area contributed by atoms with Gasteiger partial charge in [0.15, 0.2) is 0 Å². The molecule has 0 bridgehead atoms. The Kier molecular flexibility index (Phi) is 5.85. The van der Waals surface area contributed by atoms with Gasteiger partial charge >= 0.3 is 0 Å². The number of aryl methyl sites for hydroxylation is 1. The van der Waals surface area contributed by atoms with Crippen LogP contribution in [0.1, 0.15) is 22.6 Å². The van der Waals surface area contributed by atoms with Crippen molar-refractivity contribution in [3.63, 3.8) is 0 Å². The zero-order valence-electron chi connectivity index (χ0n) is 16.7. The number of carbonyl (C=O) groups is 1. The van der Waals surface area contributed by atoms with Crippen LogP contribution >= 0.6 is 0 Å². The summed E-state index contributed by atoms with van der Waals surface area (Å²) in [5, 5.41) is 6.29. The molecular formula is C26H23N3O. The molecule has 0 aliphatic rings. The fraction of sp³-hybridized carbons (Fsp3) is 0.0769. The SMILES string of the molecule is Cc1cccc(Nc2ccc(NC(=O)C(c3ccccc3)c3ccccc3)cn2)c1. The van der Waals surface area contributed by atoms with Gasteiger partial charge in [-0.1, -0.05) is 72.8 Å². The molecule has 1 amide bonds. The molecule has 4 aromatic rings. The van der Waals surface area contributed by atoms with Crippen LogP contribution in [0.3, 0.4) is 0 Å². The third-order valence-electron chi connectivity index (χ3n) is 4.85. The van der Waals surface area contributed by atoms with Crippen LogP contribution in [-0.2, 0) is 4.79 Å². The molecule has 0 radical (unpaired) electrons. The minimum atomic E-state index is -0.391. The van der Waals surface area contributed by atoms with E-state index in [4.69, 9.17) is 0 Å². The van der Waals surface area contributed by atoms with Gasteiger partial charge in [-0.3, -0.25) is 4.79 Å². The number of nitrogens with one attached hydrogen (secondary N) is 2. The van der Waals surface area contributed by atoms with Crippen LogP contribution in [0.5, 0.6) is 0 Å². The second-order valence-electron chi connectivity index (χ2n) is 7.17. The van der Waals surface area contributed by atoms with Gasteiger partial charge in [0.25, 0.3) is 0 Å². The van der Waals surface area contributed by atoms with Crippen LogP contribution in [0.4, 0.5) is 17.2 Å². The van der Waals surface area contributed by atoms with Gasteiger partial charge in [-0.05, 0) is 47.9 Å². The van der Waals surface area contributed by atoms with E-state index in [0.717, 1.165) is 22.6 Å². The Morgan fingerprint density at radius 1 is 0.767 bits per heavy atom. The standard InChI is InChI=1S/C26H23N3O/c1-19-9-8-14-22(17-19)28-24-16-15-23(18-27-24)29-26(30)25(20-10-4-2-5-11-20)21-12-6-3-7-13-21/h2-18,25H,1H3,(H,27,28)(H,29,30). The van der Waals surface area contributed by atoms with Crippen molar-refractivity contribution >= 4 is 23.1 Å². The summed E-state index contributed by atoms with van der Waals surface area (Å²) in [4.78, 5) is 17.6. The average Bonchev–Trinajstić information content (AvgIpc) is 2.77. The number of nitrogens with zero attached hydrogens (tertiary/aromatic N) is 1. The lowest BCUT2D eigenvalue weighted by atomic mass is 9.90. The first-order valence-corrected chi connectivity index (χ1v) is 9.89. The number of hydrogen-bond donors (Lipinski definition) is 2. The molecule has 4 nitrogen and oxygen atoms in total. The second kappa shape index (κ2) is 9.05. The lowest BCUT2D eigenvalue weighted by Crippen LogP contribution is -2.22. The molecule has 0 aliphatic heterocycles. The first-order chi connectivity index (χ1) is 14.7. The van der Waals surface area contributed by atoms with E-state index >= 15 is 0 Å². The number of benzene rings is 3. The molecule has 0 saturated carbocycles. The van der Waals surface area contributed by atoms with Crippen LogP contribution in [0.15, 0.2) is 103 Å². The quantitative estimate of drug-likeness (QED) is 0.428. The summed E-state index contributed by atoms with van der Waals surface area (Å²) in [6.45, 7) is 2.05. The fourth-order valence-electron chi connectivity index (χ4n) is 3.41. The summed E-state index contributed by atoms with van der Waals surface area (Å²) < 4.78 is 0. The Hall–Kier alpha value is -3.92. The van der Waals surface area contributed by atoms with E-state index < -0.39 is 5.92 Å². The number of aromatic nitrogens is 1. The van der Waals surface area contributed by atoms with Gasteiger partial charge in [-0.25, -0.2) is 4.98 Å². The predicted octanol–water partition coefficient (Wildman–Crippen LogP) is 5.90. The highest BCUT2D eigenvalue weighted by Crippen LogP contribution is 2.26. The van der Waals surface area contributed by atoms with Crippen molar-refractivity contribution < 1.29 is 4.79 Å². The summed E-state index contributed by atoms with van der Waals surface area (Å²) in [5.41, 5.74) is 4.72. The molecule has 4 rings (SSSR count). The van der Waals surface area contributed by atoms with Gasteiger partial charge in [-0.15, -0.1) is 0 Å². The van der Waals surface area contributed by atoms with E-state index in [9.17, 15) is 4.79 Å². The Morgan fingerprint density at radius 2 is 1.43 bits per heavy atom. The summed E-state index contributed by atoms with van der Waals surface area (Å²) in [5.74, 6) is 0.243. The van der Waals surface area contributed by atoms with E-state index in [2.05, 4.69) is 21.7 Å². The molecular weight excluding hydrogens is 370 g/mol. The first-order valence-electron chi connectivity index (χ1n) is 9.89. The van der Waals surface area contributed by atoms with Crippen molar-refractivity contribution in [1.82, 2.24) is 4.98 Å². The largest absolute Gasteiger partial charge is 0.340 e. The first kappa shape index (κ1) is 19.4. The molecule has 3 aromatic carbocycles. The molecule has 4 heteroatoms. The van der Waals surface area contributed by atoms with Crippen LogP contribution in [0.25, 0.3) is 0 Å². The average molecular weight is 393 g/mol. The van der Waals surface area contributed by atoms with Crippen molar-refractivity contribution in [1.29, 1.82) is 0 Å². The van der Waals surface area contributed by atoms with Gasteiger partial charge in [0.2, 0.25) is 5.91 Å². The third kappa shape index (κ3) is 4.73. The zero-order valence-corrected chi connectivity index (χ0v) is 16.7. The van der Waals surface area contributed by atoms with Crippen LogP contribution in [0, 0.1) is 6.92 Å². The molecule has 30 heavy (non-hydrogen) atoms. The number of anilines is 3. The number of pyridine rings is 1. The lowest BCUT2D eigenvalue weighted by molar-refractivity contribution is -0.116. The van der Waals surface area contributed by atoms with Gasteiger partial charge < -0.3 is 10.6 Å². The summed E-state index contributed by atoms with van der Waals surface area (Å²) in [7, 11) is 0. The van der Waals surface area contributed by atoms with Gasteiger partial charge in [0, 0.05) is 5.69 Å². The molecule has 1 aromatic heterocycles. The van der Waals surface area contributed by atoms with E-state index in [-0.39, 0.29) is 5.91 Å². The second-order valence-corrected chi connectivity index (χ2v) is 7.17. The summed E-state index contributed by atoms with van der Waals surface area (Å²) in [6, 6.07) is 31.4. The number of amides is 1. The molecule has 0 spiro atoms.